The summed E-state index contributed by atoms with van der Waals surface area (Å²) in [5.41, 5.74) is 5.33. The number of nitrogens with zero attached hydrogens (tertiary/aromatic N) is 2. The number of β-amino-alcohol motifs (C(OH)–C–C–N with tert-alkyl or cyclic N) is 1. The van der Waals surface area contributed by atoms with Gasteiger partial charge in [0.2, 0.25) is 5.88 Å². The van der Waals surface area contributed by atoms with E-state index in [1.165, 1.54) is 13.3 Å². The number of aliphatic hydroxyl groups is 1. The summed E-state index contributed by atoms with van der Waals surface area (Å²) in [6.07, 6.45) is 5.17. The van der Waals surface area contributed by atoms with Gasteiger partial charge in [0, 0.05) is 31.3 Å². The van der Waals surface area contributed by atoms with Crippen LogP contribution in [0, 0.1) is 17.7 Å². The van der Waals surface area contributed by atoms with Gasteiger partial charge in [-0.15, -0.1) is 0 Å². The molecule has 6 rings (SSSR count). The Labute approximate surface area is 239 Å². The number of hydrogen-bond acceptors (Lipinski definition) is 6. The molecular weight excluding hydrogens is 523 g/mol. The van der Waals surface area contributed by atoms with E-state index in [1.54, 1.807) is 13.0 Å². The number of pyridine rings is 1. The molecule has 3 heterocycles. The van der Waals surface area contributed by atoms with Gasteiger partial charge in [0.1, 0.15) is 17.7 Å². The molecule has 2 aromatic carbocycles. The van der Waals surface area contributed by atoms with E-state index in [4.69, 9.17) is 9.47 Å². The highest BCUT2D eigenvalue weighted by molar-refractivity contribution is 5.71. The van der Waals surface area contributed by atoms with Gasteiger partial charge in [-0.05, 0) is 77.8 Å². The number of carboxylic acids is 1. The van der Waals surface area contributed by atoms with Crippen LogP contribution in [0.4, 0.5) is 4.39 Å². The minimum absolute atomic E-state index is 0.0178. The maximum Gasteiger partial charge on any atom is 0.306 e. The predicted octanol–water partition coefficient (Wildman–Crippen LogP) is 5.74. The summed E-state index contributed by atoms with van der Waals surface area (Å²) in [5, 5.41) is 19.8. The maximum absolute atomic E-state index is 15.0. The van der Waals surface area contributed by atoms with Crippen LogP contribution < -0.4 is 9.47 Å². The van der Waals surface area contributed by atoms with Gasteiger partial charge in [-0.3, -0.25) is 9.69 Å². The number of aliphatic carboxylic acids is 1. The van der Waals surface area contributed by atoms with Gasteiger partial charge in [-0.1, -0.05) is 37.3 Å². The number of methoxy groups -OCH3 is 1. The highest BCUT2D eigenvalue weighted by Gasteiger charge is 2.39. The zero-order valence-electron chi connectivity index (χ0n) is 23.6. The van der Waals surface area contributed by atoms with E-state index < -0.39 is 17.7 Å². The lowest BCUT2D eigenvalue weighted by Gasteiger charge is -2.29. The molecule has 1 saturated heterocycles. The van der Waals surface area contributed by atoms with Crippen LogP contribution in [-0.4, -0.2) is 52.4 Å². The SMILES string of the molecule is COc1cc(-c2ccc(C3CCc4ccc([C@H](C5CC5)[C@H](C)C(=O)O)cc4O3)cc2CN2CC[C@@H](O)C2)c(F)cn1. The van der Waals surface area contributed by atoms with E-state index in [0.717, 1.165) is 72.2 Å². The minimum atomic E-state index is -0.764. The van der Waals surface area contributed by atoms with Gasteiger partial charge in [0.05, 0.1) is 25.3 Å². The van der Waals surface area contributed by atoms with Crippen LogP contribution in [0.1, 0.15) is 66.9 Å². The fourth-order valence-electron chi connectivity index (χ4n) is 6.55. The quantitative estimate of drug-likeness (QED) is 0.345. The molecule has 1 saturated carbocycles. The van der Waals surface area contributed by atoms with E-state index in [-0.39, 0.29) is 18.1 Å². The third-order valence-electron chi connectivity index (χ3n) is 8.95. The third-order valence-corrected chi connectivity index (χ3v) is 8.95. The average Bonchev–Trinajstić information content (AvgIpc) is 3.73. The summed E-state index contributed by atoms with van der Waals surface area (Å²) in [7, 11) is 1.51. The van der Waals surface area contributed by atoms with Crippen LogP contribution in [0.25, 0.3) is 11.1 Å². The van der Waals surface area contributed by atoms with Crippen molar-refractivity contribution in [2.45, 2.75) is 63.7 Å². The second-order valence-corrected chi connectivity index (χ2v) is 11.8. The van der Waals surface area contributed by atoms with E-state index >= 15 is 4.39 Å². The van der Waals surface area contributed by atoms with Gasteiger partial charge in [0.25, 0.3) is 0 Å². The number of fused-ring (bicyclic) bond motifs is 1. The van der Waals surface area contributed by atoms with Crippen molar-refractivity contribution in [3.63, 3.8) is 0 Å². The van der Waals surface area contributed by atoms with Crippen molar-refractivity contribution in [2.75, 3.05) is 20.2 Å². The smallest absolute Gasteiger partial charge is 0.306 e. The highest BCUT2D eigenvalue weighted by atomic mass is 19.1. The number of halogens is 1. The van der Waals surface area contributed by atoms with Crippen LogP contribution >= 0.6 is 0 Å². The lowest BCUT2D eigenvalue weighted by molar-refractivity contribution is -0.142. The Morgan fingerprint density at radius 1 is 1.15 bits per heavy atom. The first-order valence-corrected chi connectivity index (χ1v) is 14.6. The number of aromatic nitrogens is 1. The number of aliphatic hydroxyl groups excluding tert-OH is 1. The highest BCUT2D eigenvalue weighted by Crippen LogP contribution is 2.48. The molecule has 7 nitrogen and oxygen atoms in total. The van der Waals surface area contributed by atoms with E-state index in [0.29, 0.717) is 30.5 Å². The molecule has 8 heteroatoms. The van der Waals surface area contributed by atoms with Crippen molar-refractivity contribution in [1.29, 1.82) is 0 Å². The second-order valence-electron chi connectivity index (χ2n) is 11.8. The molecule has 2 fully saturated rings. The predicted molar refractivity (Wildman–Crippen MR) is 152 cm³/mol. The number of benzene rings is 2. The molecule has 2 aliphatic heterocycles. The van der Waals surface area contributed by atoms with Crippen LogP contribution in [0.5, 0.6) is 11.6 Å². The molecule has 41 heavy (non-hydrogen) atoms. The summed E-state index contributed by atoms with van der Waals surface area (Å²) >= 11 is 0. The van der Waals surface area contributed by atoms with Gasteiger partial charge >= 0.3 is 5.97 Å². The Morgan fingerprint density at radius 3 is 2.68 bits per heavy atom. The first-order chi connectivity index (χ1) is 19.8. The normalized spacial score (nSPS) is 22.0. The van der Waals surface area contributed by atoms with Crippen molar-refractivity contribution in [3.05, 3.63) is 76.7 Å². The summed E-state index contributed by atoms with van der Waals surface area (Å²) in [4.78, 5) is 18.0. The molecule has 0 spiro atoms. The van der Waals surface area contributed by atoms with Crippen molar-refractivity contribution in [2.24, 2.45) is 11.8 Å². The van der Waals surface area contributed by atoms with E-state index in [9.17, 15) is 15.0 Å². The van der Waals surface area contributed by atoms with Gasteiger partial charge in [-0.25, -0.2) is 9.37 Å². The Hall–Kier alpha value is -3.49. The van der Waals surface area contributed by atoms with Gasteiger partial charge < -0.3 is 19.7 Å². The Bertz CT molecular complexity index is 1440. The van der Waals surface area contributed by atoms with Crippen molar-refractivity contribution >= 4 is 5.97 Å². The standard InChI is InChI=1S/C33H37FN2O5/c1-19(33(38)39)32(21-4-5-21)23-6-3-20-8-10-29(41-30(20)14-23)22-7-9-26(27-15-31(40-2)35-16-28(27)34)24(13-22)17-36-12-11-25(37)18-36/h3,6-7,9,13-16,19,21,25,29,32,37H,4-5,8,10-12,17-18H2,1-2H3,(H,38,39)/t19-,25+,29?,32-/m0/s1. The molecular formula is C33H37FN2O5. The van der Waals surface area contributed by atoms with Crippen LogP contribution in [0.2, 0.25) is 0 Å². The molecule has 0 amide bonds. The average molecular weight is 561 g/mol. The van der Waals surface area contributed by atoms with Crippen LogP contribution in [-0.2, 0) is 17.8 Å². The summed E-state index contributed by atoms with van der Waals surface area (Å²) < 4.78 is 26.9. The molecule has 0 bridgehead atoms. The molecule has 1 unspecified atom stereocenters. The fourth-order valence-corrected chi connectivity index (χ4v) is 6.55. The number of likely N-dealkylation sites (tertiary alicyclic amines) is 1. The van der Waals surface area contributed by atoms with Crippen molar-refractivity contribution in [3.8, 4) is 22.8 Å². The van der Waals surface area contributed by atoms with Crippen molar-refractivity contribution < 1.29 is 28.9 Å². The zero-order valence-corrected chi connectivity index (χ0v) is 23.6. The Kier molecular flexibility index (Phi) is 7.70. The summed E-state index contributed by atoms with van der Waals surface area (Å²) in [6.45, 7) is 3.74. The molecule has 0 radical (unpaired) electrons. The topological polar surface area (TPSA) is 92.1 Å². The summed E-state index contributed by atoms with van der Waals surface area (Å²) in [5.74, 6) is -0.0813. The molecule has 1 aromatic heterocycles. The molecule has 3 aromatic rings. The maximum atomic E-state index is 15.0. The van der Waals surface area contributed by atoms with E-state index in [2.05, 4.69) is 34.1 Å². The number of carbonyl (C=O) groups is 1. The number of hydrogen-bond donors (Lipinski definition) is 2. The fraction of sp³-hybridized carbons (Fsp3) is 0.455. The van der Waals surface area contributed by atoms with E-state index in [1.807, 2.05) is 12.1 Å². The monoisotopic (exact) mass is 560 g/mol. The minimum Gasteiger partial charge on any atom is -0.485 e. The second kappa shape index (κ2) is 11.4. The number of rotatable bonds is 9. The third kappa shape index (κ3) is 5.81. The Balaban J connectivity index is 1.31. The zero-order chi connectivity index (χ0) is 28.7. The van der Waals surface area contributed by atoms with Gasteiger partial charge in [-0.2, -0.15) is 0 Å². The molecule has 216 valence electrons. The van der Waals surface area contributed by atoms with Crippen molar-refractivity contribution in [1.82, 2.24) is 9.88 Å². The van der Waals surface area contributed by atoms with Gasteiger partial charge in [0.15, 0.2) is 0 Å². The van der Waals surface area contributed by atoms with Crippen LogP contribution in [0.15, 0.2) is 48.7 Å². The molecule has 4 atom stereocenters. The number of aryl methyl sites for hydroxylation is 1. The molecule has 2 N–H and O–H groups in total. The van der Waals surface area contributed by atoms with Crippen LogP contribution in [0.3, 0.4) is 0 Å². The Morgan fingerprint density at radius 2 is 1.98 bits per heavy atom. The first-order valence-electron chi connectivity index (χ1n) is 14.6. The number of ether oxygens (including phenoxy) is 2. The lowest BCUT2D eigenvalue weighted by Crippen LogP contribution is -2.23. The molecule has 3 aliphatic rings. The summed E-state index contributed by atoms with van der Waals surface area (Å²) in [6, 6.07) is 13.9. The number of carboxylic acid groups (broad SMARTS) is 1. The lowest BCUT2D eigenvalue weighted by atomic mass is 9.82. The molecule has 1 aliphatic carbocycles. The largest absolute Gasteiger partial charge is 0.485 e. The first kappa shape index (κ1) is 27.7.